The van der Waals surface area contributed by atoms with Crippen LogP contribution in [0.15, 0.2) is 0 Å². The molecular weight excluding hydrogens is 182 g/mol. The van der Waals surface area contributed by atoms with E-state index in [1.807, 2.05) is 0 Å². The number of nitrogens with one attached hydrogen (secondary N) is 1. The van der Waals surface area contributed by atoms with E-state index in [0.29, 0.717) is 6.54 Å². The van der Waals surface area contributed by atoms with Gasteiger partial charge in [0.2, 0.25) is 0 Å². The number of methoxy groups -OCH3 is 1. The predicted molar refractivity (Wildman–Crippen MR) is 53.0 cm³/mol. The Hall–Kier alpha value is -0.610. The fraction of sp³-hybridized carbons (Fsp3) is 0.900. The van der Waals surface area contributed by atoms with Crippen LogP contribution >= 0.6 is 0 Å². The van der Waals surface area contributed by atoms with Crippen LogP contribution in [0.5, 0.6) is 0 Å². The Bertz CT molecular complexity index is 169. The second-order valence-electron chi connectivity index (χ2n) is 3.62. The number of ether oxygens (including phenoxy) is 2. The van der Waals surface area contributed by atoms with Crippen molar-refractivity contribution >= 4 is 5.97 Å². The molecular formula is C10H19NO3. The van der Waals surface area contributed by atoms with Gasteiger partial charge in [-0.3, -0.25) is 4.79 Å². The molecule has 1 fully saturated rings. The van der Waals surface area contributed by atoms with Gasteiger partial charge in [0, 0.05) is 13.2 Å². The lowest BCUT2D eigenvalue weighted by Gasteiger charge is -2.04. The Morgan fingerprint density at radius 2 is 2.29 bits per heavy atom. The van der Waals surface area contributed by atoms with Crippen molar-refractivity contribution < 1.29 is 14.3 Å². The van der Waals surface area contributed by atoms with E-state index in [4.69, 9.17) is 4.74 Å². The topological polar surface area (TPSA) is 47.6 Å². The van der Waals surface area contributed by atoms with E-state index >= 15 is 0 Å². The van der Waals surface area contributed by atoms with Crippen LogP contribution in [-0.2, 0) is 14.3 Å². The lowest BCUT2D eigenvalue weighted by atomic mass is 10.4. The van der Waals surface area contributed by atoms with Gasteiger partial charge >= 0.3 is 5.97 Å². The van der Waals surface area contributed by atoms with Crippen molar-refractivity contribution in [2.75, 3.05) is 33.4 Å². The van der Waals surface area contributed by atoms with Gasteiger partial charge in [-0.05, 0) is 31.7 Å². The Kier molecular flexibility index (Phi) is 5.56. The third-order valence-electron chi connectivity index (χ3n) is 2.19. The van der Waals surface area contributed by atoms with Gasteiger partial charge < -0.3 is 14.8 Å². The molecule has 0 amide bonds. The van der Waals surface area contributed by atoms with Gasteiger partial charge in [0.25, 0.3) is 0 Å². The molecule has 1 aliphatic carbocycles. The highest BCUT2D eigenvalue weighted by molar-refractivity contribution is 5.71. The number of hydrogen-bond acceptors (Lipinski definition) is 4. The highest BCUT2D eigenvalue weighted by Crippen LogP contribution is 2.28. The lowest BCUT2D eigenvalue weighted by Crippen LogP contribution is -2.25. The standard InChI is InChI=1S/C10H19NO3/c1-13-10(12)7-11-5-2-6-14-8-9-3-4-9/h9,11H,2-8H2,1H3. The van der Waals surface area contributed by atoms with Gasteiger partial charge in [-0.25, -0.2) is 0 Å². The van der Waals surface area contributed by atoms with E-state index in [-0.39, 0.29) is 5.97 Å². The first-order chi connectivity index (χ1) is 6.83. The lowest BCUT2D eigenvalue weighted by molar-refractivity contribution is -0.139. The zero-order valence-electron chi connectivity index (χ0n) is 8.75. The molecule has 1 saturated carbocycles. The van der Waals surface area contributed by atoms with Crippen LogP contribution in [0.2, 0.25) is 0 Å². The van der Waals surface area contributed by atoms with Crippen LogP contribution in [0.1, 0.15) is 19.3 Å². The maximum absolute atomic E-state index is 10.7. The minimum atomic E-state index is -0.219. The number of rotatable bonds is 8. The summed E-state index contributed by atoms with van der Waals surface area (Å²) in [5.41, 5.74) is 0. The average Bonchev–Trinajstić information content (AvgIpc) is 2.99. The summed E-state index contributed by atoms with van der Waals surface area (Å²) in [6, 6.07) is 0. The predicted octanol–water partition coefficient (Wildman–Crippen LogP) is 0.566. The molecule has 0 heterocycles. The van der Waals surface area contributed by atoms with Crippen molar-refractivity contribution in [2.45, 2.75) is 19.3 Å². The van der Waals surface area contributed by atoms with Crippen LogP contribution in [-0.4, -0.2) is 39.4 Å². The first kappa shape index (κ1) is 11.5. The van der Waals surface area contributed by atoms with Gasteiger partial charge in [0.05, 0.1) is 13.7 Å². The van der Waals surface area contributed by atoms with E-state index in [0.717, 1.165) is 32.1 Å². The van der Waals surface area contributed by atoms with Crippen molar-refractivity contribution in [2.24, 2.45) is 5.92 Å². The quantitative estimate of drug-likeness (QED) is 0.460. The minimum Gasteiger partial charge on any atom is -0.468 e. The summed E-state index contributed by atoms with van der Waals surface area (Å²) in [5, 5.41) is 2.99. The van der Waals surface area contributed by atoms with Gasteiger partial charge in [-0.2, -0.15) is 0 Å². The fourth-order valence-electron chi connectivity index (χ4n) is 1.10. The Labute approximate surface area is 85.0 Å². The first-order valence-electron chi connectivity index (χ1n) is 5.18. The van der Waals surface area contributed by atoms with Crippen LogP contribution in [0.25, 0.3) is 0 Å². The van der Waals surface area contributed by atoms with Crippen molar-refractivity contribution in [1.82, 2.24) is 5.32 Å². The minimum absolute atomic E-state index is 0.219. The number of esters is 1. The monoisotopic (exact) mass is 201 g/mol. The zero-order valence-corrected chi connectivity index (χ0v) is 8.75. The van der Waals surface area contributed by atoms with Gasteiger partial charge in [0.1, 0.15) is 0 Å². The van der Waals surface area contributed by atoms with Gasteiger partial charge in [-0.1, -0.05) is 0 Å². The van der Waals surface area contributed by atoms with Crippen molar-refractivity contribution in [1.29, 1.82) is 0 Å². The molecule has 82 valence electrons. The molecule has 14 heavy (non-hydrogen) atoms. The molecule has 0 aromatic carbocycles. The summed E-state index contributed by atoms with van der Waals surface area (Å²) in [4.78, 5) is 10.7. The molecule has 0 aliphatic heterocycles. The summed E-state index contributed by atoms with van der Waals surface area (Å²) < 4.78 is 9.92. The van der Waals surface area contributed by atoms with E-state index < -0.39 is 0 Å². The SMILES string of the molecule is COC(=O)CNCCCOCC1CC1. The van der Waals surface area contributed by atoms with Crippen molar-refractivity contribution in [3.63, 3.8) is 0 Å². The molecule has 1 N–H and O–H groups in total. The summed E-state index contributed by atoms with van der Waals surface area (Å²) in [5.74, 6) is 0.613. The summed E-state index contributed by atoms with van der Waals surface area (Å²) in [6.07, 6.45) is 3.62. The Morgan fingerprint density at radius 3 is 2.93 bits per heavy atom. The molecule has 0 radical (unpaired) electrons. The van der Waals surface area contributed by atoms with Gasteiger partial charge in [-0.15, -0.1) is 0 Å². The second kappa shape index (κ2) is 6.79. The molecule has 1 rings (SSSR count). The van der Waals surface area contributed by atoms with E-state index in [9.17, 15) is 4.79 Å². The molecule has 0 saturated heterocycles. The highest BCUT2D eigenvalue weighted by atomic mass is 16.5. The summed E-state index contributed by atoms with van der Waals surface area (Å²) in [6.45, 7) is 2.79. The average molecular weight is 201 g/mol. The molecule has 0 unspecified atom stereocenters. The molecule has 4 nitrogen and oxygen atoms in total. The molecule has 4 heteroatoms. The molecule has 0 aromatic heterocycles. The first-order valence-corrected chi connectivity index (χ1v) is 5.18. The van der Waals surface area contributed by atoms with E-state index in [1.165, 1.54) is 20.0 Å². The molecule has 0 aromatic rings. The maximum atomic E-state index is 10.7. The van der Waals surface area contributed by atoms with Crippen molar-refractivity contribution in [3.8, 4) is 0 Å². The highest BCUT2D eigenvalue weighted by Gasteiger charge is 2.20. The molecule has 1 aliphatic rings. The molecule has 0 bridgehead atoms. The van der Waals surface area contributed by atoms with Crippen LogP contribution in [0.3, 0.4) is 0 Å². The van der Waals surface area contributed by atoms with Crippen molar-refractivity contribution in [3.05, 3.63) is 0 Å². The number of carbonyl (C=O) groups is 1. The fourth-order valence-corrected chi connectivity index (χ4v) is 1.10. The third-order valence-corrected chi connectivity index (χ3v) is 2.19. The van der Waals surface area contributed by atoms with Crippen LogP contribution in [0, 0.1) is 5.92 Å². The van der Waals surface area contributed by atoms with E-state index in [2.05, 4.69) is 10.1 Å². The Balaban J connectivity index is 1.72. The zero-order chi connectivity index (χ0) is 10.2. The largest absolute Gasteiger partial charge is 0.468 e. The summed E-state index contributed by atoms with van der Waals surface area (Å²) >= 11 is 0. The number of hydrogen-bond donors (Lipinski definition) is 1. The maximum Gasteiger partial charge on any atom is 0.319 e. The smallest absolute Gasteiger partial charge is 0.319 e. The number of carbonyl (C=O) groups excluding carboxylic acids is 1. The van der Waals surface area contributed by atoms with Gasteiger partial charge in [0.15, 0.2) is 0 Å². The third kappa shape index (κ3) is 5.94. The molecule has 0 spiro atoms. The normalized spacial score (nSPS) is 15.5. The summed E-state index contributed by atoms with van der Waals surface area (Å²) in [7, 11) is 1.39. The van der Waals surface area contributed by atoms with Crippen LogP contribution < -0.4 is 5.32 Å². The second-order valence-corrected chi connectivity index (χ2v) is 3.62. The Morgan fingerprint density at radius 1 is 1.50 bits per heavy atom. The van der Waals surface area contributed by atoms with Crippen LogP contribution in [0.4, 0.5) is 0 Å². The molecule has 0 atom stereocenters. The van der Waals surface area contributed by atoms with E-state index in [1.54, 1.807) is 0 Å².